The van der Waals surface area contributed by atoms with Crippen molar-refractivity contribution in [2.45, 2.75) is 26.2 Å². The Morgan fingerprint density at radius 3 is 2.50 bits per heavy atom. The van der Waals surface area contributed by atoms with E-state index in [9.17, 15) is 18.0 Å². The maximum absolute atomic E-state index is 13.4. The second-order valence-electron chi connectivity index (χ2n) is 4.18. The highest BCUT2D eigenvalue weighted by molar-refractivity contribution is 5.78. The topological polar surface area (TPSA) is 20.3 Å². The predicted octanol–water partition coefficient (Wildman–Crippen LogP) is 2.90. The lowest BCUT2D eigenvalue weighted by molar-refractivity contribution is -0.129. The minimum absolute atomic E-state index is 0.123. The van der Waals surface area contributed by atoms with Gasteiger partial charge >= 0.3 is 0 Å². The lowest BCUT2D eigenvalue weighted by Gasteiger charge is -2.16. The summed E-state index contributed by atoms with van der Waals surface area (Å²) in [5, 5.41) is 0. The molecule has 0 atom stereocenters. The van der Waals surface area contributed by atoms with Gasteiger partial charge in [-0.2, -0.15) is 0 Å². The Morgan fingerprint density at radius 2 is 1.89 bits per heavy atom. The van der Waals surface area contributed by atoms with Crippen LogP contribution in [0.4, 0.5) is 13.2 Å². The van der Waals surface area contributed by atoms with Crippen LogP contribution >= 0.6 is 0 Å². The van der Waals surface area contributed by atoms with Crippen LogP contribution in [0.1, 0.15) is 25.3 Å². The molecule has 5 heteroatoms. The number of benzene rings is 1. The second kappa shape index (κ2) is 6.42. The van der Waals surface area contributed by atoms with Crippen LogP contribution in [0.5, 0.6) is 0 Å². The largest absolute Gasteiger partial charge is 0.345 e. The van der Waals surface area contributed by atoms with Crippen LogP contribution in [0.25, 0.3) is 0 Å². The smallest absolute Gasteiger partial charge is 0.226 e. The normalized spacial score (nSPS) is 10.5. The number of hydrogen-bond donors (Lipinski definition) is 0. The Morgan fingerprint density at radius 1 is 1.22 bits per heavy atom. The molecule has 1 aromatic rings. The molecule has 0 unspecified atom stereocenters. The summed E-state index contributed by atoms with van der Waals surface area (Å²) in [6, 6.07) is 1.92. The lowest BCUT2D eigenvalue weighted by Crippen LogP contribution is -2.29. The number of amides is 1. The molecule has 2 nitrogen and oxygen atoms in total. The van der Waals surface area contributed by atoms with Gasteiger partial charge in [0.05, 0.1) is 6.42 Å². The maximum Gasteiger partial charge on any atom is 0.226 e. The molecule has 0 N–H and O–H groups in total. The van der Waals surface area contributed by atoms with Crippen LogP contribution in [0.15, 0.2) is 12.1 Å². The minimum Gasteiger partial charge on any atom is -0.345 e. The molecule has 0 saturated heterocycles. The lowest BCUT2D eigenvalue weighted by atomic mass is 10.1. The fourth-order valence-corrected chi connectivity index (χ4v) is 1.52. The molecule has 1 rings (SSSR count). The van der Waals surface area contributed by atoms with E-state index in [0.29, 0.717) is 6.54 Å². The molecule has 0 radical (unpaired) electrons. The number of nitrogens with zero attached hydrogens (tertiary/aromatic N) is 1. The number of carbonyl (C=O) groups excluding carboxylic acids is 1. The van der Waals surface area contributed by atoms with Gasteiger partial charge in [-0.05, 0) is 12.5 Å². The molecule has 18 heavy (non-hydrogen) atoms. The van der Waals surface area contributed by atoms with Crippen LogP contribution in [-0.2, 0) is 11.2 Å². The van der Waals surface area contributed by atoms with Crippen molar-refractivity contribution in [2.24, 2.45) is 0 Å². The van der Waals surface area contributed by atoms with E-state index in [1.165, 1.54) is 4.90 Å². The average molecular weight is 259 g/mol. The summed E-state index contributed by atoms with van der Waals surface area (Å²) in [5.41, 5.74) is -0.123. The van der Waals surface area contributed by atoms with Gasteiger partial charge in [-0.15, -0.1) is 0 Å². The highest BCUT2D eigenvalue weighted by atomic mass is 19.2. The van der Waals surface area contributed by atoms with Gasteiger partial charge in [0.2, 0.25) is 5.91 Å². The molecule has 0 spiro atoms. The fraction of sp³-hybridized carbons (Fsp3) is 0.462. The first-order valence-electron chi connectivity index (χ1n) is 5.83. The van der Waals surface area contributed by atoms with Gasteiger partial charge in [0.15, 0.2) is 17.5 Å². The molecule has 0 bridgehead atoms. The van der Waals surface area contributed by atoms with Crippen LogP contribution in [-0.4, -0.2) is 24.4 Å². The third-order valence-electron chi connectivity index (χ3n) is 2.73. The van der Waals surface area contributed by atoms with E-state index in [2.05, 4.69) is 0 Å². The van der Waals surface area contributed by atoms with Crippen molar-refractivity contribution < 1.29 is 18.0 Å². The molecule has 100 valence electrons. The van der Waals surface area contributed by atoms with Crippen molar-refractivity contribution in [3.05, 3.63) is 35.1 Å². The zero-order valence-electron chi connectivity index (χ0n) is 10.5. The number of rotatable bonds is 5. The van der Waals surface area contributed by atoms with Crippen molar-refractivity contribution in [2.75, 3.05) is 13.6 Å². The monoisotopic (exact) mass is 259 g/mol. The van der Waals surface area contributed by atoms with Gasteiger partial charge in [-0.1, -0.05) is 19.4 Å². The fourth-order valence-electron chi connectivity index (χ4n) is 1.52. The maximum atomic E-state index is 13.4. The molecule has 1 amide bonds. The summed E-state index contributed by atoms with van der Waals surface area (Å²) in [5.74, 6) is -4.37. The zero-order chi connectivity index (χ0) is 13.7. The van der Waals surface area contributed by atoms with Crippen LogP contribution < -0.4 is 0 Å². The molecular formula is C13H16F3NO. The SMILES string of the molecule is CCCCN(C)C(=O)Cc1ccc(F)c(F)c1F. The Labute approximate surface area is 104 Å². The summed E-state index contributed by atoms with van der Waals surface area (Å²) in [4.78, 5) is 13.2. The summed E-state index contributed by atoms with van der Waals surface area (Å²) >= 11 is 0. The van der Waals surface area contributed by atoms with E-state index >= 15 is 0 Å². The molecule has 0 aliphatic rings. The van der Waals surface area contributed by atoms with Crippen molar-refractivity contribution in [1.29, 1.82) is 0 Å². The first-order chi connectivity index (χ1) is 8.47. The summed E-state index contributed by atoms with van der Waals surface area (Å²) in [6.07, 6.45) is 1.53. The van der Waals surface area contributed by atoms with E-state index in [-0.39, 0.29) is 17.9 Å². The minimum atomic E-state index is -1.53. The molecule has 0 aliphatic carbocycles. The standard InChI is InChI=1S/C13H16F3NO/c1-3-4-7-17(2)11(18)8-9-5-6-10(14)13(16)12(9)15/h5-6H,3-4,7-8H2,1-2H3. The molecular weight excluding hydrogens is 243 g/mol. The number of unbranched alkanes of at least 4 members (excludes halogenated alkanes) is 1. The summed E-state index contributed by atoms with van der Waals surface area (Å²) in [7, 11) is 1.61. The highest BCUT2D eigenvalue weighted by Crippen LogP contribution is 2.16. The van der Waals surface area contributed by atoms with Gasteiger partial charge in [-0.25, -0.2) is 13.2 Å². The van der Waals surface area contributed by atoms with Crippen molar-refractivity contribution in [3.63, 3.8) is 0 Å². The summed E-state index contributed by atoms with van der Waals surface area (Å²) < 4.78 is 39.0. The van der Waals surface area contributed by atoms with E-state index in [1.807, 2.05) is 6.92 Å². The number of halogens is 3. The molecule has 0 fully saturated rings. The molecule has 0 aromatic heterocycles. The van der Waals surface area contributed by atoms with E-state index in [1.54, 1.807) is 7.05 Å². The molecule has 1 aromatic carbocycles. The Balaban J connectivity index is 2.73. The highest BCUT2D eigenvalue weighted by Gasteiger charge is 2.17. The predicted molar refractivity (Wildman–Crippen MR) is 62.6 cm³/mol. The average Bonchev–Trinajstić information content (AvgIpc) is 2.36. The van der Waals surface area contributed by atoms with Crippen LogP contribution in [0.3, 0.4) is 0 Å². The van der Waals surface area contributed by atoms with Crippen molar-refractivity contribution >= 4 is 5.91 Å². The first kappa shape index (κ1) is 14.5. The molecule has 0 saturated carbocycles. The summed E-state index contributed by atoms with van der Waals surface area (Å²) in [6.45, 7) is 2.56. The van der Waals surface area contributed by atoms with Crippen molar-refractivity contribution in [3.8, 4) is 0 Å². The quantitative estimate of drug-likeness (QED) is 0.744. The van der Waals surface area contributed by atoms with E-state index in [4.69, 9.17) is 0 Å². The van der Waals surface area contributed by atoms with Crippen molar-refractivity contribution in [1.82, 2.24) is 4.90 Å². The van der Waals surface area contributed by atoms with Crippen LogP contribution in [0.2, 0.25) is 0 Å². The van der Waals surface area contributed by atoms with Gasteiger partial charge in [0, 0.05) is 19.2 Å². The Bertz CT molecular complexity index is 434. The first-order valence-corrected chi connectivity index (χ1v) is 5.83. The molecule has 0 heterocycles. The number of hydrogen-bond acceptors (Lipinski definition) is 1. The number of carbonyl (C=O) groups is 1. The van der Waals surface area contributed by atoms with E-state index < -0.39 is 17.5 Å². The van der Waals surface area contributed by atoms with Crippen LogP contribution in [0, 0.1) is 17.5 Å². The number of likely N-dealkylation sites (N-methyl/N-ethyl adjacent to an activating group) is 1. The van der Waals surface area contributed by atoms with Gasteiger partial charge in [0.25, 0.3) is 0 Å². The van der Waals surface area contributed by atoms with Gasteiger partial charge < -0.3 is 4.90 Å². The van der Waals surface area contributed by atoms with Gasteiger partial charge in [-0.3, -0.25) is 4.79 Å². The zero-order valence-corrected chi connectivity index (χ0v) is 10.5. The Kier molecular flexibility index (Phi) is 5.19. The third kappa shape index (κ3) is 3.48. The Hall–Kier alpha value is -1.52. The second-order valence-corrected chi connectivity index (χ2v) is 4.18. The molecule has 0 aliphatic heterocycles. The third-order valence-corrected chi connectivity index (χ3v) is 2.73. The van der Waals surface area contributed by atoms with E-state index in [0.717, 1.165) is 25.0 Å². The van der Waals surface area contributed by atoms with Gasteiger partial charge in [0.1, 0.15) is 0 Å².